The molecular weight excluding hydrogens is 210 g/mol. The van der Waals surface area contributed by atoms with E-state index in [0.29, 0.717) is 11.5 Å². The van der Waals surface area contributed by atoms with Crippen LogP contribution in [0.4, 0.5) is 8.78 Å². The van der Waals surface area contributed by atoms with Crippen LogP contribution in [0, 0.1) is 17.6 Å². The number of rotatable bonds is 2. The van der Waals surface area contributed by atoms with E-state index in [4.69, 9.17) is 5.11 Å². The van der Waals surface area contributed by atoms with Crippen LogP contribution in [-0.4, -0.2) is 11.7 Å². The maximum Gasteiger partial charge on any atom is 0.162 e. The Labute approximate surface area is 94.1 Å². The minimum atomic E-state index is -0.762. The molecule has 0 heterocycles. The van der Waals surface area contributed by atoms with Gasteiger partial charge in [0.15, 0.2) is 11.6 Å². The summed E-state index contributed by atoms with van der Waals surface area (Å²) in [6.07, 6.45) is 3.48. The highest BCUT2D eigenvalue weighted by molar-refractivity contribution is 5.23. The fourth-order valence-electron chi connectivity index (χ4n) is 2.49. The highest BCUT2D eigenvalue weighted by Gasteiger charge is 2.24. The largest absolute Gasteiger partial charge is 0.396 e. The second-order valence-electron chi connectivity index (χ2n) is 4.54. The van der Waals surface area contributed by atoms with Crippen molar-refractivity contribution < 1.29 is 13.9 Å². The van der Waals surface area contributed by atoms with Crippen molar-refractivity contribution in [2.45, 2.75) is 31.6 Å². The molecule has 0 radical (unpaired) electrons. The van der Waals surface area contributed by atoms with Crippen molar-refractivity contribution in [3.63, 3.8) is 0 Å². The van der Waals surface area contributed by atoms with Crippen LogP contribution in [0.5, 0.6) is 0 Å². The van der Waals surface area contributed by atoms with Gasteiger partial charge in [-0.05, 0) is 49.1 Å². The maximum absolute atomic E-state index is 13.5. The van der Waals surface area contributed by atoms with Crippen molar-refractivity contribution >= 4 is 0 Å². The molecular formula is C13H16F2O. The van der Waals surface area contributed by atoms with Crippen molar-refractivity contribution in [3.05, 3.63) is 35.4 Å². The molecule has 0 aliphatic heterocycles. The number of hydrogen-bond donors (Lipinski definition) is 1. The highest BCUT2D eigenvalue weighted by Crippen LogP contribution is 2.36. The van der Waals surface area contributed by atoms with E-state index in [-0.39, 0.29) is 12.5 Å². The van der Waals surface area contributed by atoms with Gasteiger partial charge >= 0.3 is 0 Å². The Balaban J connectivity index is 2.11. The molecule has 0 unspecified atom stereocenters. The number of hydrogen-bond acceptors (Lipinski definition) is 1. The van der Waals surface area contributed by atoms with Crippen molar-refractivity contribution in [2.75, 3.05) is 6.61 Å². The van der Waals surface area contributed by atoms with Gasteiger partial charge in [-0.3, -0.25) is 0 Å². The molecule has 0 amide bonds. The minimum absolute atomic E-state index is 0.110. The predicted molar refractivity (Wildman–Crippen MR) is 58.1 cm³/mol. The molecule has 0 aromatic heterocycles. The predicted octanol–water partition coefficient (Wildman–Crippen LogP) is 3.23. The SMILES string of the molecule is OCC1CCC(c2cccc(F)c2F)CC1. The Hall–Kier alpha value is -0.960. The van der Waals surface area contributed by atoms with Crippen LogP contribution in [-0.2, 0) is 0 Å². The Kier molecular flexibility index (Phi) is 3.54. The number of halogens is 2. The molecule has 2 rings (SSSR count). The average Bonchev–Trinajstić information content (AvgIpc) is 2.33. The van der Waals surface area contributed by atoms with Crippen LogP contribution in [0.1, 0.15) is 37.2 Å². The van der Waals surface area contributed by atoms with Gasteiger partial charge in [-0.2, -0.15) is 0 Å². The first-order chi connectivity index (χ1) is 7.72. The first-order valence-electron chi connectivity index (χ1n) is 5.77. The number of aliphatic hydroxyl groups excluding tert-OH is 1. The van der Waals surface area contributed by atoms with Gasteiger partial charge in [0.25, 0.3) is 0 Å². The molecule has 1 nitrogen and oxygen atoms in total. The molecule has 0 atom stereocenters. The zero-order chi connectivity index (χ0) is 11.5. The van der Waals surface area contributed by atoms with E-state index in [1.54, 1.807) is 12.1 Å². The van der Waals surface area contributed by atoms with Gasteiger partial charge in [-0.1, -0.05) is 12.1 Å². The van der Waals surface area contributed by atoms with Crippen molar-refractivity contribution in [2.24, 2.45) is 5.92 Å². The van der Waals surface area contributed by atoms with Crippen LogP contribution in [0.3, 0.4) is 0 Å². The zero-order valence-electron chi connectivity index (χ0n) is 9.13. The lowest BCUT2D eigenvalue weighted by Crippen LogP contribution is -2.17. The summed E-state index contributed by atoms with van der Waals surface area (Å²) in [6, 6.07) is 4.38. The number of aliphatic hydroxyl groups is 1. The normalized spacial score (nSPS) is 25.7. The van der Waals surface area contributed by atoms with Gasteiger partial charge in [-0.25, -0.2) is 8.78 Å². The second-order valence-corrected chi connectivity index (χ2v) is 4.54. The third-order valence-electron chi connectivity index (χ3n) is 3.53. The van der Waals surface area contributed by atoms with Gasteiger partial charge in [0.05, 0.1) is 0 Å². The van der Waals surface area contributed by atoms with Gasteiger partial charge in [0.2, 0.25) is 0 Å². The van der Waals surface area contributed by atoms with Gasteiger partial charge < -0.3 is 5.11 Å². The van der Waals surface area contributed by atoms with E-state index in [1.807, 2.05) is 0 Å². The monoisotopic (exact) mass is 226 g/mol. The first kappa shape index (κ1) is 11.5. The molecule has 1 aliphatic rings. The van der Waals surface area contributed by atoms with Crippen LogP contribution in [0.15, 0.2) is 18.2 Å². The molecule has 1 saturated carbocycles. The van der Waals surface area contributed by atoms with E-state index >= 15 is 0 Å². The Morgan fingerprint density at radius 3 is 2.44 bits per heavy atom. The smallest absolute Gasteiger partial charge is 0.162 e. The zero-order valence-corrected chi connectivity index (χ0v) is 9.13. The van der Waals surface area contributed by atoms with Crippen LogP contribution < -0.4 is 0 Å². The topological polar surface area (TPSA) is 20.2 Å². The van der Waals surface area contributed by atoms with E-state index in [1.165, 1.54) is 0 Å². The molecule has 0 spiro atoms. The maximum atomic E-state index is 13.5. The molecule has 0 saturated heterocycles. The third kappa shape index (κ3) is 2.24. The van der Waals surface area contributed by atoms with Crippen molar-refractivity contribution in [1.82, 2.24) is 0 Å². The summed E-state index contributed by atoms with van der Waals surface area (Å²) < 4.78 is 26.6. The minimum Gasteiger partial charge on any atom is -0.396 e. The Morgan fingerprint density at radius 1 is 1.12 bits per heavy atom. The Bertz CT molecular complexity index is 357. The lowest BCUT2D eigenvalue weighted by Gasteiger charge is -2.27. The van der Waals surface area contributed by atoms with E-state index in [0.717, 1.165) is 31.7 Å². The molecule has 1 fully saturated rings. The lowest BCUT2D eigenvalue weighted by molar-refractivity contribution is 0.181. The van der Waals surface area contributed by atoms with Crippen LogP contribution in [0.25, 0.3) is 0 Å². The fraction of sp³-hybridized carbons (Fsp3) is 0.538. The fourth-order valence-corrected chi connectivity index (χ4v) is 2.49. The van der Waals surface area contributed by atoms with Crippen molar-refractivity contribution in [3.8, 4) is 0 Å². The van der Waals surface area contributed by atoms with Gasteiger partial charge in [0.1, 0.15) is 0 Å². The van der Waals surface area contributed by atoms with Crippen molar-refractivity contribution in [1.29, 1.82) is 0 Å². The Morgan fingerprint density at radius 2 is 1.81 bits per heavy atom. The summed E-state index contributed by atoms with van der Waals surface area (Å²) >= 11 is 0. The van der Waals surface area contributed by atoms with Crippen LogP contribution >= 0.6 is 0 Å². The summed E-state index contributed by atoms with van der Waals surface area (Å²) in [7, 11) is 0. The summed E-state index contributed by atoms with van der Waals surface area (Å²) in [4.78, 5) is 0. The van der Waals surface area contributed by atoms with Gasteiger partial charge in [0, 0.05) is 6.61 Å². The standard InChI is InChI=1S/C13H16F2O/c14-12-3-1-2-11(13(12)15)10-6-4-9(8-16)5-7-10/h1-3,9-10,16H,4-8H2. The second kappa shape index (κ2) is 4.91. The molecule has 1 aromatic rings. The quantitative estimate of drug-likeness (QED) is 0.820. The molecule has 0 bridgehead atoms. The summed E-state index contributed by atoms with van der Waals surface area (Å²) in [5.74, 6) is -1.01. The summed E-state index contributed by atoms with van der Waals surface area (Å²) in [6.45, 7) is 0.207. The summed E-state index contributed by atoms with van der Waals surface area (Å²) in [5, 5.41) is 9.01. The lowest BCUT2D eigenvalue weighted by atomic mass is 9.79. The first-order valence-corrected chi connectivity index (χ1v) is 5.77. The van der Waals surface area contributed by atoms with Crippen LogP contribution in [0.2, 0.25) is 0 Å². The molecule has 1 N–H and O–H groups in total. The molecule has 3 heteroatoms. The van der Waals surface area contributed by atoms with E-state index in [2.05, 4.69) is 0 Å². The highest BCUT2D eigenvalue weighted by atomic mass is 19.2. The molecule has 1 aliphatic carbocycles. The molecule has 88 valence electrons. The van der Waals surface area contributed by atoms with E-state index in [9.17, 15) is 8.78 Å². The summed E-state index contributed by atoms with van der Waals surface area (Å²) in [5.41, 5.74) is 0.497. The number of benzene rings is 1. The third-order valence-corrected chi connectivity index (χ3v) is 3.53. The molecule has 1 aromatic carbocycles. The molecule has 16 heavy (non-hydrogen) atoms. The average molecular weight is 226 g/mol. The van der Waals surface area contributed by atoms with E-state index < -0.39 is 11.6 Å². The van der Waals surface area contributed by atoms with Gasteiger partial charge in [-0.15, -0.1) is 0 Å².